The Morgan fingerprint density at radius 2 is 2.19 bits per heavy atom. The molecule has 3 nitrogen and oxygen atoms in total. The topological polar surface area (TPSA) is 35.5 Å². The maximum absolute atomic E-state index is 9.21. The SMILES string of the molecule is CCNC(CO)CCN1CCCC(C)(C)C1. The van der Waals surface area contributed by atoms with Gasteiger partial charge in [-0.05, 0) is 44.3 Å². The molecule has 1 saturated heterocycles. The van der Waals surface area contributed by atoms with Crippen molar-refractivity contribution in [2.75, 3.05) is 32.8 Å². The molecule has 0 amide bonds. The first-order chi connectivity index (χ1) is 7.57. The van der Waals surface area contributed by atoms with Gasteiger partial charge in [-0.3, -0.25) is 0 Å². The van der Waals surface area contributed by atoms with Gasteiger partial charge in [-0.2, -0.15) is 0 Å². The molecule has 96 valence electrons. The van der Waals surface area contributed by atoms with Gasteiger partial charge in [0.25, 0.3) is 0 Å². The second kappa shape index (κ2) is 6.58. The lowest BCUT2D eigenvalue weighted by Crippen LogP contribution is -2.43. The first-order valence-electron chi connectivity index (χ1n) is 6.64. The van der Waals surface area contributed by atoms with Crippen molar-refractivity contribution in [3.8, 4) is 0 Å². The zero-order valence-electron chi connectivity index (χ0n) is 11.1. The van der Waals surface area contributed by atoms with Crippen molar-refractivity contribution in [1.82, 2.24) is 10.2 Å². The van der Waals surface area contributed by atoms with Crippen molar-refractivity contribution >= 4 is 0 Å². The predicted molar refractivity (Wildman–Crippen MR) is 68.6 cm³/mol. The molecular weight excluding hydrogens is 200 g/mol. The minimum atomic E-state index is 0.255. The minimum Gasteiger partial charge on any atom is -0.395 e. The number of hydrogen-bond donors (Lipinski definition) is 2. The first kappa shape index (κ1) is 13.9. The molecule has 0 radical (unpaired) electrons. The van der Waals surface area contributed by atoms with Gasteiger partial charge in [0.05, 0.1) is 6.61 Å². The molecule has 1 rings (SSSR count). The Hall–Kier alpha value is -0.120. The molecule has 0 aliphatic carbocycles. The Morgan fingerprint density at radius 3 is 2.75 bits per heavy atom. The first-order valence-corrected chi connectivity index (χ1v) is 6.64. The van der Waals surface area contributed by atoms with Crippen LogP contribution in [0.3, 0.4) is 0 Å². The maximum Gasteiger partial charge on any atom is 0.0585 e. The fourth-order valence-corrected chi connectivity index (χ4v) is 2.62. The Balaban J connectivity index is 2.26. The van der Waals surface area contributed by atoms with Gasteiger partial charge >= 0.3 is 0 Å². The highest BCUT2D eigenvalue weighted by Crippen LogP contribution is 2.28. The fourth-order valence-electron chi connectivity index (χ4n) is 2.62. The van der Waals surface area contributed by atoms with E-state index >= 15 is 0 Å². The third-order valence-electron chi connectivity index (χ3n) is 3.49. The predicted octanol–water partition coefficient (Wildman–Crippen LogP) is 1.47. The molecule has 3 heteroatoms. The lowest BCUT2D eigenvalue weighted by atomic mass is 9.84. The number of nitrogens with one attached hydrogen (secondary N) is 1. The molecule has 0 saturated carbocycles. The average Bonchev–Trinajstić information content (AvgIpc) is 2.23. The number of aliphatic hydroxyl groups excluding tert-OH is 1. The number of likely N-dealkylation sites (N-methyl/N-ethyl adjacent to an activating group) is 1. The second-order valence-corrected chi connectivity index (χ2v) is 5.77. The van der Waals surface area contributed by atoms with E-state index in [2.05, 4.69) is 31.0 Å². The van der Waals surface area contributed by atoms with Crippen molar-refractivity contribution < 1.29 is 5.11 Å². The van der Waals surface area contributed by atoms with E-state index in [-0.39, 0.29) is 12.6 Å². The van der Waals surface area contributed by atoms with E-state index in [4.69, 9.17) is 0 Å². The van der Waals surface area contributed by atoms with Gasteiger partial charge < -0.3 is 15.3 Å². The maximum atomic E-state index is 9.21. The van der Waals surface area contributed by atoms with Crippen molar-refractivity contribution in [2.45, 2.75) is 46.1 Å². The highest BCUT2D eigenvalue weighted by Gasteiger charge is 2.26. The van der Waals surface area contributed by atoms with E-state index in [9.17, 15) is 5.11 Å². The highest BCUT2D eigenvalue weighted by molar-refractivity contribution is 4.80. The summed E-state index contributed by atoms with van der Waals surface area (Å²) in [5.74, 6) is 0. The summed E-state index contributed by atoms with van der Waals surface area (Å²) in [6.07, 6.45) is 3.72. The fraction of sp³-hybridized carbons (Fsp3) is 1.00. The van der Waals surface area contributed by atoms with E-state index in [0.29, 0.717) is 5.41 Å². The van der Waals surface area contributed by atoms with Gasteiger partial charge in [-0.15, -0.1) is 0 Å². The summed E-state index contributed by atoms with van der Waals surface area (Å²) >= 11 is 0. The summed E-state index contributed by atoms with van der Waals surface area (Å²) in [7, 11) is 0. The summed E-state index contributed by atoms with van der Waals surface area (Å²) in [5, 5.41) is 12.5. The number of aliphatic hydroxyl groups is 1. The number of hydrogen-bond acceptors (Lipinski definition) is 3. The number of rotatable bonds is 6. The van der Waals surface area contributed by atoms with Crippen LogP contribution in [0.15, 0.2) is 0 Å². The van der Waals surface area contributed by atoms with Crippen LogP contribution in [0.2, 0.25) is 0 Å². The van der Waals surface area contributed by atoms with Crippen LogP contribution in [0.5, 0.6) is 0 Å². The van der Waals surface area contributed by atoms with Crippen LogP contribution in [0, 0.1) is 5.41 Å². The molecule has 0 aromatic rings. The Morgan fingerprint density at radius 1 is 1.44 bits per heavy atom. The molecule has 1 fully saturated rings. The van der Waals surface area contributed by atoms with E-state index in [0.717, 1.165) is 19.5 Å². The van der Waals surface area contributed by atoms with Crippen LogP contribution in [-0.2, 0) is 0 Å². The van der Waals surface area contributed by atoms with E-state index in [1.165, 1.54) is 25.9 Å². The minimum absolute atomic E-state index is 0.255. The Labute approximate surface area is 100 Å². The number of piperidine rings is 1. The van der Waals surface area contributed by atoms with Crippen molar-refractivity contribution in [1.29, 1.82) is 0 Å². The summed E-state index contributed by atoms with van der Waals surface area (Å²) in [6, 6.07) is 0.273. The summed E-state index contributed by atoms with van der Waals surface area (Å²) in [4.78, 5) is 2.55. The molecule has 1 unspecified atom stereocenters. The van der Waals surface area contributed by atoms with Crippen LogP contribution < -0.4 is 5.32 Å². The molecule has 0 spiro atoms. The lowest BCUT2D eigenvalue weighted by molar-refractivity contribution is 0.109. The number of nitrogens with zero attached hydrogens (tertiary/aromatic N) is 1. The smallest absolute Gasteiger partial charge is 0.0585 e. The number of likely N-dealkylation sites (tertiary alicyclic amines) is 1. The summed E-state index contributed by atoms with van der Waals surface area (Å²) in [6.45, 7) is 11.5. The largest absolute Gasteiger partial charge is 0.395 e. The third kappa shape index (κ3) is 4.81. The summed E-state index contributed by atoms with van der Waals surface area (Å²) < 4.78 is 0. The van der Waals surface area contributed by atoms with Gasteiger partial charge in [0.1, 0.15) is 0 Å². The van der Waals surface area contributed by atoms with Crippen LogP contribution in [-0.4, -0.2) is 48.8 Å². The Kier molecular flexibility index (Phi) is 5.73. The molecule has 1 atom stereocenters. The molecule has 0 bridgehead atoms. The quantitative estimate of drug-likeness (QED) is 0.722. The normalized spacial score (nSPS) is 23.2. The highest BCUT2D eigenvalue weighted by atomic mass is 16.3. The van der Waals surface area contributed by atoms with Gasteiger partial charge in [0.2, 0.25) is 0 Å². The second-order valence-electron chi connectivity index (χ2n) is 5.77. The molecule has 0 aromatic carbocycles. The van der Waals surface area contributed by atoms with Gasteiger partial charge in [0.15, 0.2) is 0 Å². The standard InChI is InChI=1S/C13H28N2O/c1-4-14-12(10-16)6-9-15-8-5-7-13(2,3)11-15/h12,14,16H,4-11H2,1-3H3. The average molecular weight is 228 g/mol. The molecule has 16 heavy (non-hydrogen) atoms. The van der Waals surface area contributed by atoms with Crippen molar-refractivity contribution in [2.24, 2.45) is 5.41 Å². The van der Waals surface area contributed by atoms with E-state index in [1.54, 1.807) is 0 Å². The molecule has 1 aliphatic heterocycles. The van der Waals surface area contributed by atoms with Gasteiger partial charge in [-0.1, -0.05) is 20.8 Å². The third-order valence-corrected chi connectivity index (χ3v) is 3.49. The van der Waals surface area contributed by atoms with Crippen molar-refractivity contribution in [3.63, 3.8) is 0 Å². The van der Waals surface area contributed by atoms with E-state index < -0.39 is 0 Å². The zero-order valence-corrected chi connectivity index (χ0v) is 11.1. The van der Waals surface area contributed by atoms with Crippen molar-refractivity contribution in [3.05, 3.63) is 0 Å². The zero-order chi connectivity index (χ0) is 12.0. The molecule has 1 heterocycles. The monoisotopic (exact) mass is 228 g/mol. The van der Waals surface area contributed by atoms with Gasteiger partial charge in [-0.25, -0.2) is 0 Å². The van der Waals surface area contributed by atoms with Crippen LogP contribution >= 0.6 is 0 Å². The lowest BCUT2D eigenvalue weighted by Gasteiger charge is -2.38. The van der Waals surface area contributed by atoms with Crippen LogP contribution in [0.1, 0.15) is 40.0 Å². The molecule has 1 aliphatic rings. The Bertz CT molecular complexity index is 194. The van der Waals surface area contributed by atoms with Gasteiger partial charge in [0, 0.05) is 12.6 Å². The molecule has 2 N–H and O–H groups in total. The molecule has 0 aromatic heterocycles. The molecular formula is C13H28N2O. The van der Waals surface area contributed by atoms with Crippen LogP contribution in [0.25, 0.3) is 0 Å². The van der Waals surface area contributed by atoms with Crippen LogP contribution in [0.4, 0.5) is 0 Å². The summed E-state index contributed by atoms with van der Waals surface area (Å²) in [5.41, 5.74) is 0.477. The van der Waals surface area contributed by atoms with E-state index in [1.807, 2.05) is 0 Å².